The Bertz CT molecular complexity index is 717. The largest absolute Gasteiger partial charge is 0.437 e. The SMILES string of the molecule is CCn1nc(C2CCN(c3ccc(N)cc3F)CC2)oc1=O. The van der Waals surface area contributed by atoms with Crippen molar-refractivity contribution in [2.75, 3.05) is 23.7 Å². The van der Waals surface area contributed by atoms with E-state index in [9.17, 15) is 9.18 Å². The fourth-order valence-corrected chi connectivity index (χ4v) is 2.83. The average Bonchev–Trinajstić information content (AvgIpc) is 2.89. The first kappa shape index (κ1) is 14.6. The van der Waals surface area contributed by atoms with Gasteiger partial charge < -0.3 is 15.1 Å². The molecule has 0 bridgehead atoms. The number of halogens is 1. The zero-order valence-electron chi connectivity index (χ0n) is 12.5. The molecule has 0 unspecified atom stereocenters. The maximum Gasteiger partial charge on any atom is 0.437 e. The predicted molar refractivity (Wildman–Crippen MR) is 81.4 cm³/mol. The van der Waals surface area contributed by atoms with Crippen LogP contribution in [0.3, 0.4) is 0 Å². The Hall–Kier alpha value is -2.31. The fraction of sp³-hybridized carbons (Fsp3) is 0.467. The van der Waals surface area contributed by atoms with E-state index in [1.54, 1.807) is 12.1 Å². The predicted octanol–water partition coefficient (Wildman–Crippen LogP) is 1.96. The van der Waals surface area contributed by atoms with Crippen molar-refractivity contribution >= 4 is 11.4 Å². The van der Waals surface area contributed by atoms with Gasteiger partial charge in [0.2, 0.25) is 5.89 Å². The third-order valence-corrected chi connectivity index (χ3v) is 4.08. The van der Waals surface area contributed by atoms with Gasteiger partial charge in [-0.3, -0.25) is 0 Å². The van der Waals surface area contributed by atoms with E-state index in [4.69, 9.17) is 10.2 Å². The minimum atomic E-state index is -0.412. The Balaban J connectivity index is 1.70. The summed E-state index contributed by atoms with van der Waals surface area (Å²) in [6, 6.07) is 4.74. The van der Waals surface area contributed by atoms with E-state index in [1.165, 1.54) is 10.7 Å². The second-order valence-electron chi connectivity index (χ2n) is 5.49. The summed E-state index contributed by atoms with van der Waals surface area (Å²) in [7, 11) is 0. The van der Waals surface area contributed by atoms with Crippen LogP contribution in [0.15, 0.2) is 27.4 Å². The van der Waals surface area contributed by atoms with Crippen LogP contribution in [-0.2, 0) is 6.54 Å². The van der Waals surface area contributed by atoms with Gasteiger partial charge >= 0.3 is 5.76 Å². The van der Waals surface area contributed by atoms with E-state index >= 15 is 0 Å². The number of aryl methyl sites for hydroxylation is 1. The first-order valence-corrected chi connectivity index (χ1v) is 7.46. The molecule has 1 aliphatic rings. The van der Waals surface area contributed by atoms with Gasteiger partial charge in [-0.15, -0.1) is 5.10 Å². The standard InChI is InChI=1S/C15H19FN4O2/c1-2-20-15(21)22-14(18-20)10-5-7-19(8-6-10)13-4-3-11(17)9-12(13)16/h3-4,9-10H,2,5-8,17H2,1H3. The summed E-state index contributed by atoms with van der Waals surface area (Å²) in [4.78, 5) is 13.5. The number of piperidine rings is 1. The van der Waals surface area contributed by atoms with Gasteiger partial charge in [-0.2, -0.15) is 4.68 Å². The van der Waals surface area contributed by atoms with Gasteiger partial charge in [-0.1, -0.05) is 0 Å². The van der Waals surface area contributed by atoms with Crippen molar-refractivity contribution in [2.45, 2.75) is 32.2 Å². The number of aromatic nitrogens is 2. The van der Waals surface area contributed by atoms with Crippen molar-refractivity contribution < 1.29 is 8.81 Å². The van der Waals surface area contributed by atoms with Gasteiger partial charge in [0.25, 0.3) is 0 Å². The summed E-state index contributed by atoms with van der Waals surface area (Å²) in [6.07, 6.45) is 1.54. The summed E-state index contributed by atoms with van der Waals surface area (Å²) in [6.45, 7) is 3.72. The maximum absolute atomic E-state index is 14.0. The summed E-state index contributed by atoms with van der Waals surface area (Å²) in [5.41, 5.74) is 6.56. The number of hydrogen-bond acceptors (Lipinski definition) is 5. The topological polar surface area (TPSA) is 77.3 Å². The van der Waals surface area contributed by atoms with Crippen LogP contribution < -0.4 is 16.4 Å². The highest BCUT2D eigenvalue weighted by Gasteiger charge is 2.26. The molecule has 1 aromatic carbocycles. The molecule has 3 rings (SSSR count). The number of anilines is 2. The number of rotatable bonds is 3. The zero-order chi connectivity index (χ0) is 15.7. The Labute approximate surface area is 127 Å². The molecule has 1 fully saturated rings. The lowest BCUT2D eigenvalue weighted by molar-refractivity contribution is 0.377. The molecule has 0 saturated carbocycles. The second kappa shape index (κ2) is 5.82. The Kier molecular flexibility index (Phi) is 3.87. The first-order valence-electron chi connectivity index (χ1n) is 7.46. The number of benzene rings is 1. The Morgan fingerprint density at radius 2 is 2.14 bits per heavy atom. The molecular formula is C15H19FN4O2. The van der Waals surface area contributed by atoms with Gasteiger partial charge in [0.05, 0.1) is 5.69 Å². The zero-order valence-corrected chi connectivity index (χ0v) is 12.5. The fourth-order valence-electron chi connectivity index (χ4n) is 2.83. The molecule has 118 valence electrons. The quantitative estimate of drug-likeness (QED) is 0.877. The highest BCUT2D eigenvalue weighted by atomic mass is 19.1. The third kappa shape index (κ3) is 2.70. The Morgan fingerprint density at radius 3 is 2.73 bits per heavy atom. The van der Waals surface area contributed by atoms with Gasteiger partial charge in [0.15, 0.2) is 0 Å². The molecule has 1 saturated heterocycles. The molecule has 7 heteroatoms. The van der Waals surface area contributed by atoms with Crippen molar-refractivity contribution in [3.05, 3.63) is 40.5 Å². The van der Waals surface area contributed by atoms with Crippen molar-refractivity contribution in [1.82, 2.24) is 9.78 Å². The minimum absolute atomic E-state index is 0.105. The first-order chi connectivity index (χ1) is 10.6. The van der Waals surface area contributed by atoms with Gasteiger partial charge in [0.1, 0.15) is 5.82 Å². The van der Waals surface area contributed by atoms with E-state index in [1.807, 2.05) is 11.8 Å². The van der Waals surface area contributed by atoms with Crippen LogP contribution in [0.2, 0.25) is 0 Å². The molecule has 22 heavy (non-hydrogen) atoms. The van der Waals surface area contributed by atoms with Crippen LogP contribution in [-0.4, -0.2) is 22.9 Å². The number of nitrogen functional groups attached to an aromatic ring is 1. The lowest BCUT2D eigenvalue weighted by atomic mass is 9.96. The van der Waals surface area contributed by atoms with Gasteiger partial charge in [-0.25, -0.2) is 9.18 Å². The second-order valence-corrected chi connectivity index (χ2v) is 5.49. The van der Waals surface area contributed by atoms with Gasteiger partial charge in [0, 0.05) is 31.2 Å². The number of hydrogen-bond donors (Lipinski definition) is 1. The minimum Gasteiger partial charge on any atom is -0.399 e. The molecule has 6 nitrogen and oxygen atoms in total. The average molecular weight is 306 g/mol. The summed E-state index contributed by atoms with van der Waals surface area (Å²) >= 11 is 0. The molecule has 2 heterocycles. The third-order valence-electron chi connectivity index (χ3n) is 4.08. The van der Waals surface area contributed by atoms with E-state index < -0.39 is 5.76 Å². The molecular weight excluding hydrogens is 287 g/mol. The maximum atomic E-state index is 14.0. The number of nitrogens with two attached hydrogens (primary N) is 1. The van der Waals surface area contributed by atoms with Crippen LogP contribution in [0, 0.1) is 5.82 Å². The Morgan fingerprint density at radius 1 is 1.41 bits per heavy atom. The van der Waals surface area contributed by atoms with E-state index in [2.05, 4.69) is 5.10 Å². The molecule has 0 amide bonds. The lowest BCUT2D eigenvalue weighted by Crippen LogP contribution is -2.33. The van der Waals surface area contributed by atoms with Gasteiger partial charge in [-0.05, 0) is 38.0 Å². The van der Waals surface area contributed by atoms with Crippen molar-refractivity contribution in [3.63, 3.8) is 0 Å². The van der Waals surface area contributed by atoms with Crippen LogP contribution in [0.1, 0.15) is 31.6 Å². The van der Waals surface area contributed by atoms with Crippen LogP contribution in [0.25, 0.3) is 0 Å². The molecule has 0 aliphatic carbocycles. The van der Waals surface area contributed by atoms with Crippen molar-refractivity contribution in [1.29, 1.82) is 0 Å². The molecule has 1 aliphatic heterocycles. The van der Waals surface area contributed by atoms with Crippen LogP contribution in [0.4, 0.5) is 15.8 Å². The summed E-state index contributed by atoms with van der Waals surface area (Å²) in [5, 5.41) is 4.21. The molecule has 1 aromatic heterocycles. The lowest BCUT2D eigenvalue weighted by Gasteiger charge is -2.32. The molecule has 2 aromatic rings. The van der Waals surface area contributed by atoms with E-state index in [0.717, 1.165) is 12.8 Å². The normalized spacial score (nSPS) is 16.2. The molecule has 0 spiro atoms. The molecule has 2 N–H and O–H groups in total. The monoisotopic (exact) mass is 306 g/mol. The van der Waals surface area contributed by atoms with Crippen molar-refractivity contribution in [2.24, 2.45) is 0 Å². The highest BCUT2D eigenvalue weighted by Crippen LogP contribution is 2.30. The van der Waals surface area contributed by atoms with Crippen LogP contribution in [0.5, 0.6) is 0 Å². The number of nitrogens with zero attached hydrogens (tertiary/aromatic N) is 3. The van der Waals surface area contributed by atoms with E-state index in [-0.39, 0.29) is 11.7 Å². The highest BCUT2D eigenvalue weighted by molar-refractivity contribution is 5.54. The molecule has 0 radical (unpaired) electrons. The molecule has 0 atom stereocenters. The summed E-state index contributed by atoms with van der Waals surface area (Å²) in [5.74, 6) is -0.123. The summed E-state index contributed by atoms with van der Waals surface area (Å²) < 4.78 is 20.5. The van der Waals surface area contributed by atoms with Crippen LogP contribution >= 0.6 is 0 Å². The van der Waals surface area contributed by atoms with Crippen molar-refractivity contribution in [3.8, 4) is 0 Å². The van der Waals surface area contributed by atoms with E-state index in [0.29, 0.717) is 36.9 Å². The smallest absolute Gasteiger partial charge is 0.399 e.